The fourth-order valence-corrected chi connectivity index (χ4v) is 5.07. The molecule has 2 heterocycles. The van der Waals surface area contributed by atoms with E-state index in [2.05, 4.69) is 29.2 Å². The first-order valence-corrected chi connectivity index (χ1v) is 12.6. The summed E-state index contributed by atoms with van der Waals surface area (Å²) in [5.74, 6) is -0.561. The lowest BCUT2D eigenvalue weighted by molar-refractivity contribution is -0.143. The maximum atomic E-state index is 13.6. The third-order valence-corrected chi connectivity index (χ3v) is 7.12. The molecule has 0 spiro atoms. The van der Waals surface area contributed by atoms with Crippen LogP contribution in [0.3, 0.4) is 0 Å². The minimum Gasteiger partial charge on any atom is -0.385 e. The van der Waals surface area contributed by atoms with E-state index in [0.29, 0.717) is 32.7 Å². The molecule has 7 heteroatoms. The summed E-state index contributed by atoms with van der Waals surface area (Å²) in [6.45, 7) is 4.39. The second-order valence-electron chi connectivity index (χ2n) is 9.49. The van der Waals surface area contributed by atoms with Crippen LogP contribution < -0.4 is 0 Å². The van der Waals surface area contributed by atoms with Crippen LogP contribution in [0.25, 0.3) is 6.08 Å². The predicted molar refractivity (Wildman–Crippen MR) is 139 cm³/mol. The minimum atomic E-state index is -1.14. The summed E-state index contributed by atoms with van der Waals surface area (Å²) in [5.41, 5.74) is 0.762. The summed E-state index contributed by atoms with van der Waals surface area (Å²) in [7, 11) is 1.60. The molecule has 2 fully saturated rings. The van der Waals surface area contributed by atoms with Crippen LogP contribution in [-0.2, 0) is 24.5 Å². The van der Waals surface area contributed by atoms with E-state index in [1.165, 1.54) is 10.5 Å². The molecule has 0 bridgehead atoms. The molecule has 4 rings (SSSR count). The maximum Gasteiger partial charge on any atom is 0.240 e. The quantitative estimate of drug-likeness (QED) is 0.379. The Labute approximate surface area is 213 Å². The molecule has 190 valence electrons. The molecule has 7 nitrogen and oxygen atoms in total. The number of piperazine rings is 1. The monoisotopic (exact) mass is 489 g/mol. The lowest BCUT2D eigenvalue weighted by Crippen LogP contribution is -2.51. The molecule has 2 aromatic carbocycles. The van der Waals surface area contributed by atoms with E-state index in [1.807, 2.05) is 53.4 Å². The Hall–Kier alpha value is -3.29. The van der Waals surface area contributed by atoms with Crippen LogP contribution in [0.1, 0.15) is 30.4 Å². The van der Waals surface area contributed by atoms with Crippen LogP contribution in [0, 0.1) is 0 Å². The van der Waals surface area contributed by atoms with Crippen molar-refractivity contribution >= 4 is 23.8 Å². The fourth-order valence-electron chi connectivity index (χ4n) is 5.07. The third kappa shape index (κ3) is 5.91. The number of imide groups is 1. The van der Waals surface area contributed by atoms with Gasteiger partial charge in [0.1, 0.15) is 0 Å². The van der Waals surface area contributed by atoms with Crippen molar-refractivity contribution < 1.29 is 19.1 Å². The van der Waals surface area contributed by atoms with E-state index >= 15 is 0 Å². The predicted octanol–water partition coefficient (Wildman–Crippen LogP) is 2.97. The van der Waals surface area contributed by atoms with E-state index in [4.69, 9.17) is 4.74 Å². The zero-order chi connectivity index (χ0) is 25.4. The molecule has 2 saturated heterocycles. The summed E-state index contributed by atoms with van der Waals surface area (Å²) >= 11 is 0. The minimum absolute atomic E-state index is 0.0102. The number of nitrogens with zero attached hydrogens (tertiary/aromatic N) is 3. The van der Waals surface area contributed by atoms with Crippen molar-refractivity contribution in [2.75, 3.05) is 53.0 Å². The summed E-state index contributed by atoms with van der Waals surface area (Å²) in [6, 6.07) is 19.5. The second kappa shape index (κ2) is 12.1. The van der Waals surface area contributed by atoms with Gasteiger partial charge in [-0.1, -0.05) is 72.8 Å². The Balaban J connectivity index is 1.39. The van der Waals surface area contributed by atoms with Gasteiger partial charge in [-0.2, -0.15) is 0 Å². The number of methoxy groups -OCH3 is 1. The molecule has 0 saturated carbocycles. The molecule has 2 aromatic rings. The molecule has 36 heavy (non-hydrogen) atoms. The Morgan fingerprint density at radius 1 is 0.972 bits per heavy atom. The Morgan fingerprint density at radius 3 is 2.31 bits per heavy atom. The van der Waals surface area contributed by atoms with Crippen molar-refractivity contribution in [2.45, 2.75) is 24.7 Å². The van der Waals surface area contributed by atoms with Gasteiger partial charge in [-0.05, 0) is 17.5 Å². The van der Waals surface area contributed by atoms with Crippen LogP contribution in [0.4, 0.5) is 0 Å². The highest BCUT2D eigenvalue weighted by Gasteiger charge is 2.53. The molecule has 0 aromatic heterocycles. The van der Waals surface area contributed by atoms with Crippen molar-refractivity contribution in [1.29, 1.82) is 0 Å². The van der Waals surface area contributed by atoms with E-state index in [1.54, 1.807) is 7.11 Å². The molecule has 0 radical (unpaired) electrons. The normalized spacial score (nSPS) is 21.0. The average Bonchev–Trinajstić information content (AvgIpc) is 3.15. The first-order chi connectivity index (χ1) is 17.5. The van der Waals surface area contributed by atoms with Crippen molar-refractivity contribution in [3.8, 4) is 0 Å². The number of carbonyl (C=O) groups is 3. The summed E-state index contributed by atoms with van der Waals surface area (Å²) < 4.78 is 5.09. The van der Waals surface area contributed by atoms with Gasteiger partial charge in [-0.25, -0.2) is 0 Å². The van der Waals surface area contributed by atoms with Gasteiger partial charge in [0.2, 0.25) is 17.7 Å². The van der Waals surface area contributed by atoms with Crippen molar-refractivity contribution in [3.05, 3.63) is 77.9 Å². The van der Waals surface area contributed by atoms with Crippen LogP contribution in [0.2, 0.25) is 0 Å². The van der Waals surface area contributed by atoms with E-state index < -0.39 is 5.41 Å². The van der Waals surface area contributed by atoms with E-state index in [-0.39, 0.29) is 30.6 Å². The van der Waals surface area contributed by atoms with Gasteiger partial charge in [-0.15, -0.1) is 0 Å². The zero-order valence-corrected chi connectivity index (χ0v) is 21.0. The maximum absolute atomic E-state index is 13.6. The highest BCUT2D eigenvalue weighted by Crippen LogP contribution is 2.40. The van der Waals surface area contributed by atoms with Gasteiger partial charge in [-0.3, -0.25) is 24.2 Å². The van der Waals surface area contributed by atoms with Gasteiger partial charge in [0.05, 0.1) is 5.41 Å². The average molecular weight is 490 g/mol. The molecule has 3 amide bonds. The van der Waals surface area contributed by atoms with Crippen molar-refractivity contribution in [2.24, 2.45) is 0 Å². The van der Waals surface area contributed by atoms with Crippen molar-refractivity contribution in [1.82, 2.24) is 14.7 Å². The lowest BCUT2D eigenvalue weighted by atomic mass is 9.75. The highest BCUT2D eigenvalue weighted by atomic mass is 16.5. The first kappa shape index (κ1) is 25.8. The van der Waals surface area contributed by atoms with Crippen LogP contribution >= 0.6 is 0 Å². The van der Waals surface area contributed by atoms with Gasteiger partial charge in [0.15, 0.2) is 0 Å². The van der Waals surface area contributed by atoms with Gasteiger partial charge < -0.3 is 9.64 Å². The van der Waals surface area contributed by atoms with Crippen molar-refractivity contribution in [3.63, 3.8) is 0 Å². The van der Waals surface area contributed by atoms with Gasteiger partial charge >= 0.3 is 0 Å². The molecule has 1 atom stereocenters. The lowest BCUT2D eigenvalue weighted by Gasteiger charge is -2.36. The van der Waals surface area contributed by atoms with Crippen LogP contribution in [0.15, 0.2) is 66.7 Å². The van der Waals surface area contributed by atoms with E-state index in [0.717, 1.165) is 25.2 Å². The standard InChI is InChI=1S/C29H35N3O4/c1-36-21-9-16-32-27(34)23-29(28(32)35,25-13-6-3-7-14-25)22-26(33)31-19-17-30(18-20-31)15-8-12-24-10-4-2-5-11-24/h2-8,10-14H,9,15-23H2,1H3. The Bertz CT molecular complexity index is 1060. The number of likely N-dealkylation sites (tertiary alicyclic amines) is 1. The summed E-state index contributed by atoms with van der Waals surface area (Å²) in [4.78, 5) is 45.4. The van der Waals surface area contributed by atoms with Crippen LogP contribution in [-0.4, -0.2) is 85.4 Å². The van der Waals surface area contributed by atoms with E-state index in [9.17, 15) is 14.4 Å². The number of amides is 3. The largest absolute Gasteiger partial charge is 0.385 e. The molecule has 2 aliphatic heterocycles. The van der Waals surface area contributed by atoms with Gasteiger partial charge in [0, 0.05) is 65.8 Å². The second-order valence-corrected chi connectivity index (χ2v) is 9.49. The van der Waals surface area contributed by atoms with Crippen LogP contribution in [0.5, 0.6) is 0 Å². The molecule has 0 N–H and O–H groups in total. The first-order valence-electron chi connectivity index (χ1n) is 12.6. The fraction of sp³-hybridized carbons (Fsp3) is 0.414. The highest BCUT2D eigenvalue weighted by molar-refractivity contribution is 6.10. The number of hydrogen-bond donors (Lipinski definition) is 0. The third-order valence-electron chi connectivity index (χ3n) is 7.12. The molecular formula is C29H35N3O4. The smallest absolute Gasteiger partial charge is 0.240 e. The molecular weight excluding hydrogens is 454 g/mol. The zero-order valence-electron chi connectivity index (χ0n) is 21.0. The number of rotatable bonds is 10. The Morgan fingerprint density at radius 2 is 1.64 bits per heavy atom. The van der Waals surface area contributed by atoms with Gasteiger partial charge in [0.25, 0.3) is 0 Å². The molecule has 1 unspecified atom stereocenters. The number of carbonyl (C=O) groups excluding carboxylic acids is 3. The summed E-state index contributed by atoms with van der Waals surface area (Å²) in [6.07, 6.45) is 4.88. The number of benzene rings is 2. The summed E-state index contributed by atoms with van der Waals surface area (Å²) in [5, 5.41) is 0. The number of hydrogen-bond acceptors (Lipinski definition) is 5. The topological polar surface area (TPSA) is 70.2 Å². The SMILES string of the molecule is COCCCN1C(=O)CC(CC(=O)N2CCN(CC=Cc3ccccc3)CC2)(c2ccccc2)C1=O. The molecule has 2 aliphatic rings. The number of ether oxygens (including phenoxy) is 1. The molecule has 0 aliphatic carbocycles. The Kier molecular flexibility index (Phi) is 8.67.